The first-order chi connectivity index (χ1) is 8.13. The van der Waals surface area contributed by atoms with Crippen LogP contribution in [-0.4, -0.2) is 24.2 Å². The summed E-state index contributed by atoms with van der Waals surface area (Å²) < 4.78 is 0.905. The molecule has 0 aliphatic carbocycles. The van der Waals surface area contributed by atoms with Gasteiger partial charge >= 0.3 is 11.8 Å². The molecule has 1 rings (SSSR count). The highest BCUT2D eigenvalue weighted by Gasteiger charge is 2.12. The maximum Gasteiger partial charge on any atom is 0.313 e. The lowest BCUT2D eigenvalue weighted by atomic mass is 10.3. The molecule has 17 heavy (non-hydrogen) atoms. The van der Waals surface area contributed by atoms with Crippen molar-refractivity contribution in [2.45, 2.75) is 6.42 Å². The largest absolute Gasteiger partial charge is 0.348 e. The van der Waals surface area contributed by atoms with Crippen molar-refractivity contribution in [1.29, 1.82) is 0 Å². The molecule has 0 radical (unpaired) electrons. The number of amides is 2. The lowest BCUT2D eigenvalue weighted by Gasteiger charge is -2.05. The van der Waals surface area contributed by atoms with Gasteiger partial charge in [0.25, 0.3) is 0 Å². The number of halogens is 2. The van der Waals surface area contributed by atoms with E-state index in [1.54, 1.807) is 24.3 Å². The first kappa shape index (κ1) is 14.0. The maximum absolute atomic E-state index is 11.4. The van der Waals surface area contributed by atoms with E-state index in [0.717, 1.165) is 4.47 Å². The van der Waals surface area contributed by atoms with Gasteiger partial charge in [0.1, 0.15) is 0 Å². The molecule has 1 aromatic carbocycles. The smallest absolute Gasteiger partial charge is 0.313 e. The summed E-state index contributed by atoms with van der Waals surface area (Å²) in [5.41, 5.74) is 0.575. The van der Waals surface area contributed by atoms with E-state index in [0.29, 0.717) is 24.5 Å². The molecule has 0 atom stereocenters. The average molecular weight is 320 g/mol. The third-order valence-electron chi connectivity index (χ3n) is 1.90. The number of carbonyl (C=O) groups excluding carboxylic acids is 2. The molecule has 0 aliphatic heterocycles. The van der Waals surface area contributed by atoms with Crippen molar-refractivity contribution < 1.29 is 9.59 Å². The zero-order valence-corrected chi connectivity index (χ0v) is 11.3. The minimum absolute atomic E-state index is 0.399. The van der Waals surface area contributed by atoms with E-state index in [-0.39, 0.29) is 0 Å². The molecule has 2 amide bonds. The second-order valence-electron chi connectivity index (χ2n) is 3.26. The van der Waals surface area contributed by atoms with Crippen molar-refractivity contribution >= 4 is 45.0 Å². The van der Waals surface area contributed by atoms with Crippen LogP contribution in [0.3, 0.4) is 0 Å². The maximum atomic E-state index is 11.4. The molecule has 0 bridgehead atoms. The van der Waals surface area contributed by atoms with Gasteiger partial charge < -0.3 is 10.6 Å². The van der Waals surface area contributed by atoms with Crippen LogP contribution in [0.2, 0.25) is 0 Å². The third kappa shape index (κ3) is 5.19. The van der Waals surface area contributed by atoms with Crippen molar-refractivity contribution in [3.63, 3.8) is 0 Å². The molecule has 0 saturated heterocycles. The lowest BCUT2D eigenvalue weighted by Crippen LogP contribution is -2.36. The van der Waals surface area contributed by atoms with Gasteiger partial charge in [0.05, 0.1) is 0 Å². The summed E-state index contributed by atoms with van der Waals surface area (Å²) in [4.78, 5) is 22.7. The molecular formula is C11H12BrClN2O2. The molecule has 0 saturated carbocycles. The SMILES string of the molecule is O=C(NCCCCl)C(=O)Nc1ccc(Br)cc1. The first-order valence-corrected chi connectivity index (χ1v) is 6.37. The highest BCUT2D eigenvalue weighted by molar-refractivity contribution is 9.10. The van der Waals surface area contributed by atoms with Gasteiger partial charge in [-0.15, -0.1) is 11.6 Å². The van der Waals surface area contributed by atoms with Gasteiger partial charge in [0.15, 0.2) is 0 Å². The van der Waals surface area contributed by atoms with E-state index in [1.165, 1.54) is 0 Å². The summed E-state index contributed by atoms with van der Waals surface area (Å²) in [5.74, 6) is -0.880. The number of hydrogen-bond donors (Lipinski definition) is 2. The Morgan fingerprint density at radius 3 is 2.41 bits per heavy atom. The van der Waals surface area contributed by atoms with Crippen LogP contribution in [0, 0.1) is 0 Å². The topological polar surface area (TPSA) is 58.2 Å². The highest BCUT2D eigenvalue weighted by Crippen LogP contribution is 2.13. The predicted octanol–water partition coefficient (Wildman–Crippen LogP) is 2.13. The van der Waals surface area contributed by atoms with Crippen LogP contribution in [0.15, 0.2) is 28.7 Å². The zero-order chi connectivity index (χ0) is 12.7. The molecule has 0 heterocycles. The van der Waals surface area contributed by atoms with Gasteiger partial charge in [0.2, 0.25) is 0 Å². The van der Waals surface area contributed by atoms with E-state index in [9.17, 15) is 9.59 Å². The number of anilines is 1. The molecule has 4 nitrogen and oxygen atoms in total. The molecule has 2 N–H and O–H groups in total. The number of rotatable bonds is 4. The Hall–Kier alpha value is -1.07. The van der Waals surface area contributed by atoms with E-state index in [4.69, 9.17) is 11.6 Å². The van der Waals surface area contributed by atoms with E-state index >= 15 is 0 Å². The van der Waals surface area contributed by atoms with Crippen molar-refractivity contribution in [3.8, 4) is 0 Å². The molecule has 0 fully saturated rings. The Morgan fingerprint density at radius 2 is 1.82 bits per heavy atom. The summed E-state index contributed by atoms with van der Waals surface area (Å²) in [7, 11) is 0. The van der Waals surface area contributed by atoms with Crippen molar-refractivity contribution in [2.75, 3.05) is 17.7 Å². The Kier molecular flexibility index (Phi) is 6.00. The van der Waals surface area contributed by atoms with Crippen LogP contribution in [0.5, 0.6) is 0 Å². The number of hydrogen-bond acceptors (Lipinski definition) is 2. The average Bonchev–Trinajstić information content (AvgIpc) is 2.32. The fourth-order valence-electron chi connectivity index (χ4n) is 1.07. The van der Waals surface area contributed by atoms with Crippen LogP contribution >= 0.6 is 27.5 Å². The Balaban J connectivity index is 2.43. The van der Waals surface area contributed by atoms with Crippen molar-refractivity contribution in [1.82, 2.24) is 5.32 Å². The number of carbonyl (C=O) groups is 2. The molecule has 1 aromatic rings. The van der Waals surface area contributed by atoms with Gasteiger partial charge in [-0.2, -0.15) is 0 Å². The fourth-order valence-corrected chi connectivity index (χ4v) is 1.47. The van der Waals surface area contributed by atoms with Gasteiger partial charge in [-0.25, -0.2) is 0 Å². The van der Waals surface area contributed by atoms with Crippen LogP contribution in [0.25, 0.3) is 0 Å². The van der Waals surface area contributed by atoms with E-state index < -0.39 is 11.8 Å². The van der Waals surface area contributed by atoms with Gasteiger partial charge in [0, 0.05) is 22.6 Å². The standard InChI is InChI=1S/C11H12BrClN2O2/c12-8-2-4-9(5-3-8)15-11(17)10(16)14-7-1-6-13/h2-5H,1,6-7H2,(H,14,16)(H,15,17). The Bertz CT molecular complexity index is 395. The van der Waals surface area contributed by atoms with Crippen molar-refractivity contribution in [3.05, 3.63) is 28.7 Å². The fraction of sp³-hybridized carbons (Fsp3) is 0.273. The predicted molar refractivity (Wildman–Crippen MR) is 71.1 cm³/mol. The van der Waals surface area contributed by atoms with Gasteiger partial charge in [-0.05, 0) is 30.7 Å². The normalized spacial score (nSPS) is 9.76. The molecule has 0 spiro atoms. The molecule has 92 valence electrons. The minimum Gasteiger partial charge on any atom is -0.348 e. The molecular weight excluding hydrogens is 307 g/mol. The third-order valence-corrected chi connectivity index (χ3v) is 2.70. The van der Waals surface area contributed by atoms with E-state index in [2.05, 4.69) is 26.6 Å². The zero-order valence-electron chi connectivity index (χ0n) is 9.00. The van der Waals surface area contributed by atoms with Gasteiger partial charge in [-0.3, -0.25) is 9.59 Å². The monoisotopic (exact) mass is 318 g/mol. The summed E-state index contributed by atoms with van der Waals surface area (Å²) in [6, 6.07) is 6.96. The van der Waals surface area contributed by atoms with Crippen molar-refractivity contribution in [2.24, 2.45) is 0 Å². The molecule has 0 unspecified atom stereocenters. The van der Waals surface area contributed by atoms with Crippen LogP contribution < -0.4 is 10.6 Å². The second-order valence-corrected chi connectivity index (χ2v) is 4.55. The molecule has 6 heteroatoms. The molecule has 0 aromatic heterocycles. The Morgan fingerprint density at radius 1 is 1.18 bits per heavy atom. The quantitative estimate of drug-likeness (QED) is 0.507. The van der Waals surface area contributed by atoms with Crippen LogP contribution in [0.1, 0.15) is 6.42 Å². The first-order valence-electron chi connectivity index (χ1n) is 5.04. The van der Waals surface area contributed by atoms with Crippen LogP contribution in [-0.2, 0) is 9.59 Å². The summed E-state index contributed by atoms with van der Waals surface area (Å²) in [6.07, 6.45) is 0.638. The molecule has 0 aliphatic rings. The van der Waals surface area contributed by atoms with E-state index in [1.807, 2.05) is 0 Å². The summed E-state index contributed by atoms with van der Waals surface area (Å²) >= 11 is 8.73. The minimum atomic E-state index is -0.679. The van der Waals surface area contributed by atoms with Gasteiger partial charge in [-0.1, -0.05) is 15.9 Å². The number of benzene rings is 1. The number of nitrogens with one attached hydrogen (secondary N) is 2. The highest BCUT2D eigenvalue weighted by atomic mass is 79.9. The summed E-state index contributed by atoms with van der Waals surface area (Å²) in [5, 5.41) is 4.96. The Labute approximate surface area is 113 Å². The lowest BCUT2D eigenvalue weighted by molar-refractivity contribution is -0.136. The van der Waals surface area contributed by atoms with Crippen LogP contribution in [0.4, 0.5) is 5.69 Å². The number of alkyl halides is 1. The summed E-state index contributed by atoms with van der Waals surface area (Å²) in [6.45, 7) is 0.399. The second kappa shape index (κ2) is 7.29.